The van der Waals surface area contributed by atoms with Crippen molar-refractivity contribution in [3.63, 3.8) is 0 Å². The third-order valence-corrected chi connectivity index (χ3v) is 5.87. The summed E-state index contributed by atoms with van der Waals surface area (Å²) in [6, 6.07) is 8.30. The maximum Gasteiger partial charge on any atom is 0.240 e. The molecule has 2 aromatic rings. The molecule has 8 heteroatoms. The molecule has 1 radical (unpaired) electrons. The Labute approximate surface area is 147 Å². The van der Waals surface area contributed by atoms with E-state index < -0.39 is 10.0 Å². The van der Waals surface area contributed by atoms with Crippen LogP contribution in [-0.2, 0) is 21.2 Å². The summed E-state index contributed by atoms with van der Waals surface area (Å²) in [4.78, 5) is 12.4. The van der Waals surface area contributed by atoms with Crippen molar-refractivity contribution in [2.45, 2.75) is 36.5 Å². The Morgan fingerprint density at radius 2 is 2.16 bits per heavy atom. The van der Waals surface area contributed by atoms with E-state index in [0.29, 0.717) is 17.3 Å². The van der Waals surface area contributed by atoms with E-state index in [0.717, 1.165) is 25.0 Å². The fourth-order valence-electron chi connectivity index (χ4n) is 3.03. The summed E-state index contributed by atoms with van der Waals surface area (Å²) in [5.41, 5.74) is 1.46. The first-order valence-electron chi connectivity index (χ1n) is 8.18. The Kier molecular flexibility index (Phi) is 5.19. The minimum Gasteiger partial charge on any atom is -0.309 e. The average molecular weight is 361 g/mol. The van der Waals surface area contributed by atoms with Gasteiger partial charge in [-0.05, 0) is 44.4 Å². The molecule has 0 aliphatic heterocycles. The molecule has 1 saturated carbocycles. The zero-order chi connectivity index (χ0) is 17.9. The minimum absolute atomic E-state index is 0.0452. The summed E-state index contributed by atoms with van der Waals surface area (Å²) >= 11 is 0. The summed E-state index contributed by atoms with van der Waals surface area (Å²) in [5.74, 6) is 0.579. The van der Waals surface area contributed by atoms with Crippen molar-refractivity contribution in [3.05, 3.63) is 48.0 Å². The molecule has 1 heterocycles. The van der Waals surface area contributed by atoms with Gasteiger partial charge < -0.3 is 5.32 Å². The van der Waals surface area contributed by atoms with Gasteiger partial charge >= 0.3 is 0 Å². The summed E-state index contributed by atoms with van der Waals surface area (Å²) in [7, 11) is -2.26. The largest absolute Gasteiger partial charge is 0.309 e. The van der Waals surface area contributed by atoms with Crippen LogP contribution in [0.15, 0.2) is 35.2 Å². The monoisotopic (exact) mass is 361 g/mol. The molecular weight excluding hydrogens is 340 g/mol. The number of aromatic amines is 1. The third kappa shape index (κ3) is 4.08. The van der Waals surface area contributed by atoms with Crippen LogP contribution in [0.2, 0.25) is 0 Å². The quantitative estimate of drug-likeness (QED) is 0.732. The predicted octanol–water partition coefficient (Wildman–Crippen LogP) is 1.97. The van der Waals surface area contributed by atoms with Gasteiger partial charge in [0, 0.05) is 17.7 Å². The molecule has 133 valence electrons. The number of carbonyl (C=O) groups excluding carboxylic acids is 1. The van der Waals surface area contributed by atoms with Crippen LogP contribution in [0.25, 0.3) is 0 Å². The molecule has 1 aliphatic carbocycles. The van der Waals surface area contributed by atoms with E-state index in [1.807, 2.05) is 6.07 Å². The minimum atomic E-state index is -3.61. The lowest BCUT2D eigenvalue weighted by atomic mass is 10.0. The van der Waals surface area contributed by atoms with Gasteiger partial charge in [0.05, 0.1) is 11.3 Å². The van der Waals surface area contributed by atoms with Crippen molar-refractivity contribution in [2.75, 3.05) is 12.4 Å². The predicted molar refractivity (Wildman–Crippen MR) is 94.5 cm³/mol. The van der Waals surface area contributed by atoms with Crippen molar-refractivity contribution in [1.82, 2.24) is 14.9 Å². The molecule has 0 saturated heterocycles. The van der Waals surface area contributed by atoms with Gasteiger partial charge in [0.1, 0.15) is 0 Å². The van der Waals surface area contributed by atoms with E-state index in [-0.39, 0.29) is 17.2 Å². The van der Waals surface area contributed by atoms with Crippen molar-refractivity contribution in [2.24, 2.45) is 0 Å². The Morgan fingerprint density at radius 1 is 1.36 bits per heavy atom. The topological polar surface area (TPSA) is 104 Å². The van der Waals surface area contributed by atoms with E-state index in [1.165, 1.54) is 13.1 Å². The number of benzene rings is 1. The molecule has 1 atom stereocenters. The number of nitrogens with one attached hydrogen (secondary N) is 3. The number of nitrogens with zero attached hydrogens (tertiary/aromatic N) is 1. The van der Waals surface area contributed by atoms with Crippen LogP contribution in [0.3, 0.4) is 0 Å². The molecule has 7 nitrogen and oxygen atoms in total. The molecule has 3 rings (SSSR count). The van der Waals surface area contributed by atoms with Gasteiger partial charge in [-0.15, -0.1) is 0 Å². The number of hydrogen-bond acceptors (Lipinski definition) is 4. The molecule has 1 aliphatic rings. The Hall–Kier alpha value is -2.19. The van der Waals surface area contributed by atoms with Gasteiger partial charge in [-0.3, -0.25) is 9.89 Å². The van der Waals surface area contributed by atoms with Crippen LogP contribution in [0.1, 0.15) is 36.4 Å². The number of hydrogen-bond donors (Lipinski definition) is 3. The van der Waals surface area contributed by atoms with E-state index in [4.69, 9.17) is 0 Å². The van der Waals surface area contributed by atoms with Crippen LogP contribution >= 0.6 is 0 Å². The second-order valence-electron chi connectivity index (χ2n) is 6.05. The fraction of sp³-hybridized carbons (Fsp3) is 0.353. The molecular formula is C17H21N4O3S. The average Bonchev–Trinajstić information content (AvgIpc) is 3.26. The second kappa shape index (κ2) is 7.37. The van der Waals surface area contributed by atoms with Crippen molar-refractivity contribution < 1.29 is 13.2 Å². The Bertz CT molecular complexity index is 854. The van der Waals surface area contributed by atoms with Crippen molar-refractivity contribution in [1.29, 1.82) is 0 Å². The third-order valence-electron chi connectivity index (χ3n) is 4.36. The number of aromatic nitrogens is 2. The SMILES string of the molecule is CNS(=O)(=O)c1ccccc1CC(=O)Nc1cc([C@H]2C[CH]CC2)[nH]n1. The first-order valence-corrected chi connectivity index (χ1v) is 9.66. The number of amides is 1. The lowest BCUT2D eigenvalue weighted by molar-refractivity contribution is -0.115. The summed E-state index contributed by atoms with van der Waals surface area (Å²) in [5, 5.41) is 9.82. The highest BCUT2D eigenvalue weighted by molar-refractivity contribution is 7.89. The molecule has 3 N–H and O–H groups in total. The van der Waals surface area contributed by atoms with Gasteiger partial charge in [-0.25, -0.2) is 13.1 Å². The molecule has 1 amide bonds. The molecule has 0 spiro atoms. The number of rotatable bonds is 6. The highest BCUT2D eigenvalue weighted by Crippen LogP contribution is 2.33. The maximum atomic E-state index is 12.3. The van der Waals surface area contributed by atoms with Gasteiger partial charge in [0.15, 0.2) is 5.82 Å². The number of anilines is 1. The van der Waals surface area contributed by atoms with Crippen molar-refractivity contribution >= 4 is 21.7 Å². The van der Waals surface area contributed by atoms with Crippen molar-refractivity contribution in [3.8, 4) is 0 Å². The summed E-state index contributed by atoms with van der Waals surface area (Å²) < 4.78 is 26.4. The normalized spacial score (nSPS) is 15.4. The van der Waals surface area contributed by atoms with Crippen LogP contribution in [0.4, 0.5) is 5.82 Å². The van der Waals surface area contributed by atoms with Crippen LogP contribution in [0.5, 0.6) is 0 Å². The lowest BCUT2D eigenvalue weighted by Crippen LogP contribution is -2.22. The lowest BCUT2D eigenvalue weighted by Gasteiger charge is -2.09. The van der Waals surface area contributed by atoms with E-state index in [9.17, 15) is 13.2 Å². The number of sulfonamides is 1. The first-order chi connectivity index (χ1) is 12.0. The Morgan fingerprint density at radius 3 is 2.88 bits per heavy atom. The zero-order valence-electron chi connectivity index (χ0n) is 14.0. The second-order valence-corrected chi connectivity index (χ2v) is 7.90. The molecule has 1 aromatic heterocycles. The standard InChI is InChI=1S/C17H21N4O3S/c1-18-25(23,24)15-9-5-4-8-13(15)10-17(22)19-16-11-14(20-21-16)12-6-2-3-7-12/h2,4-5,8-9,11-12,18H,3,6-7,10H2,1H3,(H2,19,20,21,22)/t12-/m0/s1. The number of H-pyrrole nitrogens is 1. The van der Waals surface area contributed by atoms with E-state index in [2.05, 4.69) is 26.7 Å². The zero-order valence-corrected chi connectivity index (χ0v) is 14.8. The highest BCUT2D eigenvalue weighted by Gasteiger charge is 2.21. The smallest absolute Gasteiger partial charge is 0.240 e. The molecule has 0 bridgehead atoms. The molecule has 25 heavy (non-hydrogen) atoms. The van der Waals surface area contributed by atoms with E-state index in [1.54, 1.807) is 18.2 Å². The van der Waals surface area contributed by atoms with Crippen LogP contribution in [0, 0.1) is 6.42 Å². The van der Waals surface area contributed by atoms with Crippen LogP contribution < -0.4 is 10.0 Å². The molecule has 0 unspecified atom stereocenters. The maximum absolute atomic E-state index is 12.3. The Balaban J connectivity index is 1.69. The number of carbonyl (C=O) groups is 1. The first kappa shape index (κ1) is 17.6. The van der Waals surface area contributed by atoms with Gasteiger partial charge in [-0.2, -0.15) is 5.10 Å². The fourth-order valence-corrected chi connectivity index (χ4v) is 3.99. The molecule has 1 fully saturated rings. The van der Waals surface area contributed by atoms with Gasteiger partial charge in [0.2, 0.25) is 15.9 Å². The highest BCUT2D eigenvalue weighted by atomic mass is 32.2. The van der Waals surface area contributed by atoms with E-state index >= 15 is 0 Å². The van der Waals surface area contributed by atoms with Gasteiger partial charge in [-0.1, -0.05) is 18.2 Å². The van der Waals surface area contributed by atoms with Gasteiger partial charge in [0.25, 0.3) is 0 Å². The molecule has 1 aromatic carbocycles. The summed E-state index contributed by atoms with van der Waals surface area (Å²) in [6.07, 6.45) is 5.41. The summed E-state index contributed by atoms with van der Waals surface area (Å²) in [6.45, 7) is 0. The van der Waals surface area contributed by atoms with Crippen LogP contribution in [-0.4, -0.2) is 31.6 Å².